The average molecular weight is 618 g/mol. The smallest absolute Gasteiger partial charge is 1.00 e. The number of benzene rings is 3. The molecule has 0 aliphatic carbocycles. The second-order valence-corrected chi connectivity index (χ2v) is 14.3. The Morgan fingerprint density at radius 1 is 0.474 bits per heavy atom. The summed E-state index contributed by atoms with van der Waals surface area (Å²) >= 11 is 0. The number of halogens is 3. The molecule has 0 heterocycles. The van der Waals surface area contributed by atoms with Gasteiger partial charge in [0.05, 0.1) is 0 Å². The van der Waals surface area contributed by atoms with Crippen molar-refractivity contribution in [2.45, 2.75) is 69.2 Å². The molecule has 4 aromatic carbocycles. The van der Waals surface area contributed by atoms with Crippen molar-refractivity contribution in [3.05, 3.63) is 110 Å². The zero-order valence-electron chi connectivity index (χ0n) is 24.3. The van der Waals surface area contributed by atoms with Crippen LogP contribution in [0.2, 0.25) is 0 Å². The zero-order chi connectivity index (χ0) is 24.9. The first-order valence-electron chi connectivity index (χ1n) is 12.5. The van der Waals surface area contributed by atoms with Gasteiger partial charge in [0.25, 0.3) is 0 Å². The first kappa shape index (κ1) is 36.8. The van der Waals surface area contributed by atoms with Gasteiger partial charge in [-0.1, -0.05) is 131 Å². The summed E-state index contributed by atoms with van der Waals surface area (Å²) in [5, 5.41) is 6.13. The Morgan fingerprint density at radius 2 is 0.842 bits per heavy atom. The fraction of sp³-hybridized carbons (Fsp3) is 0.303. The molecule has 4 aromatic rings. The van der Waals surface area contributed by atoms with Gasteiger partial charge >= 0.3 is 21.7 Å². The van der Waals surface area contributed by atoms with Gasteiger partial charge in [-0.15, -0.1) is 5.19 Å². The van der Waals surface area contributed by atoms with Gasteiger partial charge in [-0.05, 0) is 41.5 Å². The number of rotatable bonds is 4. The number of aryl methyl sites for hydroxylation is 6. The predicted molar refractivity (Wildman–Crippen MR) is 153 cm³/mol. The topological polar surface area (TPSA) is 0 Å². The van der Waals surface area contributed by atoms with E-state index in [2.05, 4.69) is 124 Å². The van der Waals surface area contributed by atoms with E-state index >= 15 is 0 Å². The van der Waals surface area contributed by atoms with E-state index < -0.39 is 8.07 Å². The van der Waals surface area contributed by atoms with Gasteiger partial charge in [-0.2, -0.15) is 22.3 Å². The molecule has 38 heavy (non-hydrogen) atoms. The molecule has 0 saturated carbocycles. The van der Waals surface area contributed by atoms with E-state index in [1.807, 2.05) is 0 Å². The molecule has 5 heteroatoms. The van der Waals surface area contributed by atoms with Gasteiger partial charge < -0.3 is 37.2 Å². The molecule has 0 fully saturated rings. The molecule has 200 valence electrons. The molecular formula is C33H39Cl3SiTi. The summed E-state index contributed by atoms with van der Waals surface area (Å²) in [6, 6.07) is 21.6. The summed E-state index contributed by atoms with van der Waals surface area (Å²) in [5.74, 6) is 0. The van der Waals surface area contributed by atoms with Gasteiger partial charge in [0.2, 0.25) is 0 Å². The van der Waals surface area contributed by atoms with E-state index in [0.717, 1.165) is 0 Å². The summed E-state index contributed by atoms with van der Waals surface area (Å²) in [4.78, 5) is 0. The predicted octanol–water partition coefficient (Wildman–Crippen LogP) is -3.12. The molecule has 0 atom stereocenters. The molecule has 0 saturated heterocycles. The molecule has 0 nitrogen and oxygen atoms in total. The Bertz CT molecular complexity index is 1320. The average Bonchev–Trinajstić information content (AvgIpc) is 2.94. The van der Waals surface area contributed by atoms with E-state index in [1.165, 1.54) is 71.2 Å². The summed E-state index contributed by atoms with van der Waals surface area (Å²) in [6.45, 7) is 22.9. The van der Waals surface area contributed by atoms with Crippen molar-refractivity contribution in [1.82, 2.24) is 0 Å². The van der Waals surface area contributed by atoms with Crippen molar-refractivity contribution in [1.29, 1.82) is 0 Å². The van der Waals surface area contributed by atoms with Crippen LogP contribution in [0.4, 0.5) is 0 Å². The molecule has 0 N–H and O–H groups in total. The molecule has 0 radical (unpaired) electrons. The van der Waals surface area contributed by atoms with Crippen molar-refractivity contribution in [3.8, 4) is 0 Å². The molecule has 0 spiro atoms. The maximum atomic E-state index is 2.48. The first-order chi connectivity index (χ1) is 16.0. The minimum Gasteiger partial charge on any atom is -1.00 e. The van der Waals surface area contributed by atoms with Crippen LogP contribution < -0.4 is 58.0 Å². The summed E-state index contributed by atoms with van der Waals surface area (Å²) in [6.07, 6.45) is 0. The van der Waals surface area contributed by atoms with Crippen LogP contribution in [0.1, 0.15) is 55.6 Å². The monoisotopic (exact) mass is 616 g/mol. The fourth-order valence-electron chi connectivity index (χ4n) is 6.31. The van der Waals surface area contributed by atoms with E-state index in [1.54, 1.807) is 5.19 Å². The zero-order valence-corrected chi connectivity index (χ0v) is 29.2. The normalized spacial score (nSPS) is 10.6. The van der Waals surface area contributed by atoms with E-state index in [-0.39, 0.29) is 58.9 Å². The third-order valence-corrected chi connectivity index (χ3v) is 13.4. The van der Waals surface area contributed by atoms with Crippen molar-refractivity contribution < 1.29 is 58.9 Å². The van der Waals surface area contributed by atoms with Gasteiger partial charge in [-0.3, -0.25) is 0 Å². The van der Waals surface area contributed by atoms with E-state index in [4.69, 9.17) is 0 Å². The van der Waals surface area contributed by atoms with Crippen molar-refractivity contribution in [3.63, 3.8) is 0 Å². The first-order valence-corrected chi connectivity index (χ1v) is 14.5. The van der Waals surface area contributed by atoms with Gasteiger partial charge in [0.1, 0.15) is 8.07 Å². The Labute approximate surface area is 265 Å². The second-order valence-electron chi connectivity index (χ2n) is 10.6. The fourth-order valence-corrected chi connectivity index (χ4v) is 12.4. The Balaban J connectivity index is 0.00000342. The van der Waals surface area contributed by atoms with Gasteiger partial charge in [0, 0.05) is 0 Å². The van der Waals surface area contributed by atoms with Crippen LogP contribution in [0.15, 0.2) is 54.6 Å². The molecular weight excluding hydrogens is 579 g/mol. The minimum atomic E-state index is -2.60. The van der Waals surface area contributed by atoms with Crippen LogP contribution in [-0.2, 0) is 21.7 Å². The van der Waals surface area contributed by atoms with Crippen LogP contribution in [0, 0.1) is 69.2 Å². The van der Waals surface area contributed by atoms with Crippen LogP contribution in [0.25, 0.3) is 0 Å². The minimum absolute atomic E-state index is 0. The molecule has 4 rings (SSSR count). The number of hydrogen-bond donors (Lipinski definition) is 0. The van der Waals surface area contributed by atoms with Crippen molar-refractivity contribution in [2.75, 3.05) is 0 Å². The largest absolute Gasteiger partial charge is 4.00 e. The molecule has 0 aromatic heterocycles. The summed E-state index contributed by atoms with van der Waals surface area (Å²) in [7, 11) is -2.60. The maximum Gasteiger partial charge on any atom is 4.00 e. The molecule has 0 bridgehead atoms. The van der Waals surface area contributed by atoms with Gasteiger partial charge in [0.15, 0.2) is 0 Å². The third-order valence-electron chi connectivity index (χ3n) is 8.04. The quantitative estimate of drug-likeness (QED) is 0.129. The van der Waals surface area contributed by atoms with Gasteiger partial charge in [-0.25, -0.2) is 0 Å². The molecule has 0 aliphatic rings. The Kier molecular flexibility index (Phi) is 13.5. The van der Waals surface area contributed by atoms with E-state index in [0.29, 0.717) is 0 Å². The number of hydrogen-bond acceptors (Lipinski definition) is 0. The van der Waals surface area contributed by atoms with Crippen LogP contribution in [0.3, 0.4) is 0 Å². The summed E-state index contributed by atoms with van der Waals surface area (Å²) in [5.41, 5.74) is 14.0. The van der Waals surface area contributed by atoms with E-state index in [9.17, 15) is 0 Å². The molecule has 0 unspecified atom stereocenters. The van der Waals surface area contributed by atoms with Crippen LogP contribution in [-0.4, -0.2) is 8.07 Å². The van der Waals surface area contributed by atoms with Crippen LogP contribution in [0.5, 0.6) is 0 Å². The third kappa shape index (κ3) is 6.09. The Morgan fingerprint density at radius 3 is 1.18 bits per heavy atom. The molecule has 0 amide bonds. The Hall–Kier alpha value is -1.19. The second kappa shape index (κ2) is 13.9. The SMILES string of the molecule is Cc1cc(C)cc([Si](c2ccc(C)cc2C)(c2ccc(C)cc2C)[c-]2c(C)c(C)c(C)c2C)c1.[Cl-].[Cl-].[Cl-].[Ti+4]. The molecule has 0 aliphatic heterocycles. The standard InChI is InChI=1S/C33H39Si.3ClH.Ti/c1-20-11-13-31(24(5)16-20)34(30-18-22(3)15-23(4)19-30,32-14-12-21(2)17-25(32)6)33-28(9)26(7)27(8)29(33)10;;;;/h11-19H,1-10H3;3*1H;/q-1;;;;+4/p-3. The maximum absolute atomic E-state index is 2.60. The summed E-state index contributed by atoms with van der Waals surface area (Å²) < 4.78 is 0. The van der Waals surface area contributed by atoms with Crippen molar-refractivity contribution >= 4 is 28.8 Å². The van der Waals surface area contributed by atoms with Crippen molar-refractivity contribution in [2.24, 2.45) is 0 Å². The van der Waals surface area contributed by atoms with Crippen LogP contribution >= 0.6 is 0 Å².